The van der Waals surface area contributed by atoms with Gasteiger partial charge in [-0.2, -0.15) is 0 Å². The lowest BCUT2D eigenvalue weighted by atomic mass is 10.1. The van der Waals surface area contributed by atoms with Crippen LogP contribution in [0.25, 0.3) is 0 Å². The highest BCUT2D eigenvalue weighted by molar-refractivity contribution is 6.35. The summed E-state index contributed by atoms with van der Waals surface area (Å²) < 4.78 is 13.0. The molecule has 1 aliphatic rings. The second-order valence-electron chi connectivity index (χ2n) is 6.48. The Morgan fingerprint density at radius 2 is 1.89 bits per heavy atom. The first-order chi connectivity index (χ1) is 13.5. The summed E-state index contributed by atoms with van der Waals surface area (Å²) in [6.07, 6.45) is 1.93. The minimum atomic E-state index is -0.758. The number of hydrogen-bond donors (Lipinski definition) is 1. The molecule has 0 unspecified atom stereocenters. The number of nitrogens with zero attached hydrogens (tertiary/aromatic N) is 3. The number of anilines is 1. The molecule has 146 valence electrons. The predicted octanol–water partition coefficient (Wildman–Crippen LogP) is 1.81. The van der Waals surface area contributed by atoms with E-state index >= 15 is 0 Å². The van der Waals surface area contributed by atoms with Crippen LogP contribution < -0.4 is 5.32 Å². The van der Waals surface area contributed by atoms with Gasteiger partial charge in [-0.1, -0.05) is 25.1 Å². The number of piperazine rings is 1. The highest BCUT2D eigenvalue weighted by Gasteiger charge is 2.38. The van der Waals surface area contributed by atoms with E-state index in [0.717, 1.165) is 5.56 Å². The second kappa shape index (κ2) is 8.60. The summed E-state index contributed by atoms with van der Waals surface area (Å²) in [6.45, 7) is 2.55. The van der Waals surface area contributed by atoms with E-state index in [0.29, 0.717) is 18.8 Å². The van der Waals surface area contributed by atoms with E-state index in [-0.39, 0.29) is 24.8 Å². The van der Waals surface area contributed by atoms with Gasteiger partial charge in [0.2, 0.25) is 5.91 Å². The summed E-state index contributed by atoms with van der Waals surface area (Å²) in [4.78, 5) is 44.5. The molecule has 3 amide bonds. The Kier molecular flexibility index (Phi) is 5.98. The SMILES string of the molecule is CC[C@@H](C(=O)Nc1ccccn1)N1CCN(Cc2ccc(F)cc2)C(=O)C1=O. The number of amides is 3. The molecule has 28 heavy (non-hydrogen) atoms. The fraction of sp³-hybridized carbons (Fsp3) is 0.300. The standard InChI is InChI=1S/C20H21FN4O3/c1-2-16(18(26)23-17-5-3-4-10-22-17)25-12-11-24(19(27)20(25)28)13-14-6-8-15(21)9-7-14/h3-10,16H,2,11-13H2,1H3,(H,22,23,26)/t16-/m0/s1. The molecule has 1 atom stereocenters. The smallest absolute Gasteiger partial charge is 0.312 e. The van der Waals surface area contributed by atoms with Crippen LogP contribution in [0.15, 0.2) is 48.7 Å². The van der Waals surface area contributed by atoms with Crippen molar-refractivity contribution in [3.05, 3.63) is 60.0 Å². The van der Waals surface area contributed by atoms with Crippen molar-refractivity contribution in [3.8, 4) is 0 Å². The lowest BCUT2D eigenvalue weighted by Gasteiger charge is -2.37. The third kappa shape index (κ3) is 4.33. The van der Waals surface area contributed by atoms with Crippen molar-refractivity contribution in [1.29, 1.82) is 0 Å². The Balaban J connectivity index is 1.66. The number of rotatable bonds is 6. The summed E-state index contributed by atoms with van der Waals surface area (Å²) in [7, 11) is 0. The number of benzene rings is 1. The molecule has 1 aromatic heterocycles. The molecule has 3 rings (SSSR count). The van der Waals surface area contributed by atoms with E-state index < -0.39 is 17.9 Å². The van der Waals surface area contributed by atoms with Gasteiger partial charge in [0.15, 0.2) is 0 Å². The fourth-order valence-electron chi connectivity index (χ4n) is 3.14. The summed E-state index contributed by atoms with van der Waals surface area (Å²) in [5.74, 6) is -1.73. The van der Waals surface area contributed by atoms with Crippen LogP contribution in [-0.2, 0) is 20.9 Å². The van der Waals surface area contributed by atoms with E-state index in [1.165, 1.54) is 21.9 Å². The topological polar surface area (TPSA) is 82.6 Å². The zero-order valence-corrected chi connectivity index (χ0v) is 15.5. The third-order valence-corrected chi connectivity index (χ3v) is 4.61. The molecule has 1 aromatic carbocycles. The van der Waals surface area contributed by atoms with E-state index in [9.17, 15) is 18.8 Å². The molecular formula is C20H21FN4O3. The molecule has 1 aliphatic heterocycles. The maximum Gasteiger partial charge on any atom is 0.312 e. The van der Waals surface area contributed by atoms with E-state index in [4.69, 9.17) is 0 Å². The highest BCUT2D eigenvalue weighted by Crippen LogP contribution is 2.16. The summed E-state index contributed by atoms with van der Waals surface area (Å²) in [5, 5.41) is 2.68. The second-order valence-corrected chi connectivity index (χ2v) is 6.48. The lowest BCUT2D eigenvalue weighted by molar-refractivity contribution is -0.159. The van der Waals surface area contributed by atoms with Crippen molar-refractivity contribution in [2.75, 3.05) is 18.4 Å². The van der Waals surface area contributed by atoms with Gasteiger partial charge in [0.1, 0.15) is 17.7 Å². The number of aromatic nitrogens is 1. The van der Waals surface area contributed by atoms with Gasteiger partial charge in [-0.05, 0) is 36.2 Å². The molecule has 8 heteroatoms. The van der Waals surface area contributed by atoms with Crippen LogP contribution in [0.2, 0.25) is 0 Å². The molecule has 0 spiro atoms. The summed E-state index contributed by atoms with van der Waals surface area (Å²) >= 11 is 0. The lowest BCUT2D eigenvalue weighted by Crippen LogP contribution is -2.59. The van der Waals surface area contributed by atoms with Crippen molar-refractivity contribution < 1.29 is 18.8 Å². The molecule has 2 heterocycles. The van der Waals surface area contributed by atoms with Crippen LogP contribution in [0.4, 0.5) is 10.2 Å². The molecule has 0 aliphatic carbocycles. The molecule has 7 nitrogen and oxygen atoms in total. The van der Waals surface area contributed by atoms with E-state index in [1.807, 2.05) is 0 Å². The summed E-state index contributed by atoms with van der Waals surface area (Å²) in [6, 6.07) is 10.1. The Morgan fingerprint density at radius 3 is 2.54 bits per heavy atom. The first-order valence-corrected chi connectivity index (χ1v) is 9.05. The molecule has 1 fully saturated rings. The van der Waals surface area contributed by atoms with Crippen LogP contribution in [-0.4, -0.2) is 51.6 Å². The predicted molar refractivity (Wildman–Crippen MR) is 100 cm³/mol. The van der Waals surface area contributed by atoms with Crippen LogP contribution in [0.5, 0.6) is 0 Å². The number of halogens is 1. The van der Waals surface area contributed by atoms with Crippen molar-refractivity contribution in [1.82, 2.24) is 14.8 Å². The monoisotopic (exact) mass is 384 g/mol. The van der Waals surface area contributed by atoms with Gasteiger partial charge in [0.05, 0.1) is 0 Å². The number of hydrogen-bond acceptors (Lipinski definition) is 4. The van der Waals surface area contributed by atoms with Crippen LogP contribution in [0.1, 0.15) is 18.9 Å². The zero-order chi connectivity index (χ0) is 20.1. The van der Waals surface area contributed by atoms with Crippen molar-refractivity contribution in [2.24, 2.45) is 0 Å². The van der Waals surface area contributed by atoms with E-state index in [2.05, 4.69) is 10.3 Å². The third-order valence-electron chi connectivity index (χ3n) is 4.61. The average molecular weight is 384 g/mol. The van der Waals surface area contributed by atoms with Crippen molar-refractivity contribution in [2.45, 2.75) is 25.9 Å². The Labute approximate surface area is 162 Å². The van der Waals surface area contributed by atoms with Gasteiger partial charge in [0.25, 0.3) is 0 Å². The largest absolute Gasteiger partial charge is 0.328 e. The minimum absolute atomic E-state index is 0.218. The Hall–Kier alpha value is -3.29. The van der Waals surface area contributed by atoms with Crippen LogP contribution >= 0.6 is 0 Å². The quantitative estimate of drug-likeness (QED) is 0.770. The highest BCUT2D eigenvalue weighted by atomic mass is 19.1. The van der Waals surface area contributed by atoms with Gasteiger partial charge in [-0.15, -0.1) is 0 Å². The molecule has 0 bridgehead atoms. The summed E-state index contributed by atoms with van der Waals surface area (Å²) in [5.41, 5.74) is 0.732. The Morgan fingerprint density at radius 1 is 1.14 bits per heavy atom. The Bertz CT molecular complexity index is 858. The molecular weight excluding hydrogens is 363 g/mol. The number of pyridine rings is 1. The zero-order valence-electron chi connectivity index (χ0n) is 15.5. The number of carbonyl (C=O) groups is 3. The fourth-order valence-corrected chi connectivity index (χ4v) is 3.14. The van der Waals surface area contributed by atoms with E-state index in [1.54, 1.807) is 43.5 Å². The van der Waals surface area contributed by atoms with Crippen molar-refractivity contribution in [3.63, 3.8) is 0 Å². The number of nitrogens with one attached hydrogen (secondary N) is 1. The molecule has 1 N–H and O–H groups in total. The molecule has 0 radical (unpaired) electrons. The van der Waals surface area contributed by atoms with Crippen LogP contribution in [0.3, 0.4) is 0 Å². The minimum Gasteiger partial charge on any atom is -0.328 e. The normalized spacial score (nSPS) is 15.5. The van der Waals surface area contributed by atoms with Crippen molar-refractivity contribution >= 4 is 23.5 Å². The van der Waals surface area contributed by atoms with Crippen LogP contribution in [0, 0.1) is 5.82 Å². The first kappa shape index (κ1) is 19.5. The molecule has 1 saturated heterocycles. The van der Waals surface area contributed by atoms with Gasteiger partial charge in [-0.25, -0.2) is 9.37 Å². The van der Waals surface area contributed by atoms with Gasteiger partial charge >= 0.3 is 11.8 Å². The maximum atomic E-state index is 13.0. The average Bonchev–Trinajstić information content (AvgIpc) is 2.70. The van der Waals surface area contributed by atoms with Gasteiger partial charge < -0.3 is 15.1 Å². The van der Waals surface area contributed by atoms with Gasteiger partial charge in [0, 0.05) is 25.8 Å². The first-order valence-electron chi connectivity index (χ1n) is 9.05. The number of carbonyl (C=O) groups excluding carboxylic acids is 3. The van der Waals surface area contributed by atoms with Gasteiger partial charge in [-0.3, -0.25) is 14.4 Å². The molecule has 2 aromatic rings. The maximum absolute atomic E-state index is 13.0. The molecule has 0 saturated carbocycles.